The van der Waals surface area contributed by atoms with Crippen LogP contribution in [0.15, 0.2) is 36.4 Å². The molecule has 0 bridgehead atoms. The largest absolute Gasteiger partial charge is 0.446 e. The maximum Gasteiger partial charge on any atom is 0.410 e. The van der Waals surface area contributed by atoms with E-state index in [1.54, 1.807) is 4.90 Å². The van der Waals surface area contributed by atoms with Crippen LogP contribution in [-0.4, -0.2) is 36.0 Å². The second kappa shape index (κ2) is 5.83. The molecule has 0 N–H and O–H groups in total. The van der Waals surface area contributed by atoms with Gasteiger partial charge in [-0.3, -0.25) is 4.79 Å². The highest BCUT2D eigenvalue weighted by molar-refractivity contribution is 5.94. The van der Waals surface area contributed by atoms with Crippen molar-refractivity contribution in [2.75, 3.05) is 13.1 Å². The fraction of sp³-hybridized carbons (Fsp3) is 0.455. The van der Waals surface area contributed by atoms with Gasteiger partial charge in [-0.25, -0.2) is 4.79 Å². The minimum Gasteiger partial charge on any atom is -0.446 e. The lowest BCUT2D eigenvalue weighted by molar-refractivity contribution is -0.138. The Morgan fingerprint density at radius 3 is 2.38 bits per heavy atom. The van der Waals surface area contributed by atoms with Crippen LogP contribution in [-0.2, 0) is 22.4 Å². The summed E-state index contributed by atoms with van der Waals surface area (Å²) in [5.74, 6) is 0.269. The van der Waals surface area contributed by atoms with Crippen molar-refractivity contribution >= 4 is 22.6 Å². The van der Waals surface area contributed by atoms with Crippen LogP contribution in [0.1, 0.15) is 36.8 Å². The molecule has 2 fully saturated rings. The van der Waals surface area contributed by atoms with Crippen LogP contribution >= 0.6 is 0 Å². The van der Waals surface area contributed by atoms with Gasteiger partial charge in [0, 0.05) is 19.5 Å². The molecule has 1 spiro atoms. The maximum absolute atomic E-state index is 12.8. The molecule has 0 atom stereocenters. The van der Waals surface area contributed by atoms with E-state index in [-0.39, 0.29) is 18.0 Å². The number of carbonyl (C=O) groups excluding carboxylic acids is 2. The fourth-order valence-electron chi connectivity index (χ4n) is 4.81. The Hall–Kier alpha value is -2.36. The summed E-state index contributed by atoms with van der Waals surface area (Å²) in [4.78, 5) is 26.9. The molecule has 0 radical (unpaired) electrons. The molecular weight excluding hydrogens is 326 g/mol. The molecule has 26 heavy (non-hydrogen) atoms. The predicted octanol–water partition coefficient (Wildman–Crippen LogP) is 3.89. The van der Waals surface area contributed by atoms with E-state index in [0.29, 0.717) is 19.5 Å². The van der Waals surface area contributed by atoms with Gasteiger partial charge in [-0.1, -0.05) is 36.4 Å². The zero-order chi connectivity index (χ0) is 17.7. The summed E-state index contributed by atoms with van der Waals surface area (Å²) in [7, 11) is 0. The summed E-state index contributed by atoms with van der Waals surface area (Å²) in [6.45, 7) is 1.01. The van der Waals surface area contributed by atoms with Crippen molar-refractivity contribution in [2.24, 2.45) is 5.41 Å². The van der Waals surface area contributed by atoms with Crippen LogP contribution in [0, 0.1) is 5.41 Å². The third-order valence-electron chi connectivity index (χ3n) is 6.35. The van der Waals surface area contributed by atoms with Crippen LogP contribution in [0.5, 0.6) is 0 Å². The van der Waals surface area contributed by atoms with Crippen LogP contribution in [0.3, 0.4) is 0 Å². The number of likely N-dealkylation sites (tertiary alicyclic amines) is 1. The van der Waals surface area contributed by atoms with Gasteiger partial charge in [-0.05, 0) is 54.0 Å². The molecule has 0 unspecified atom stereocenters. The van der Waals surface area contributed by atoms with Gasteiger partial charge < -0.3 is 9.64 Å². The first-order chi connectivity index (χ1) is 12.6. The number of carbonyl (C=O) groups is 2. The van der Waals surface area contributed by atoms with E-state index in [9.17, 15) is 9.59 Å². The van der Waals surface area contributed by atoms with E-state index >= 15 is 0 Å². The minimum atomic E-state index is -0.399. The SMILES string of the molecule is O=C(OC1CCCC1)N1CC2(Cc3cc4ccccc4cc3CC2=O)C1. The second-order valence-electron chi connectivity index (χ2n) is 8.17. The van der Waals surface area contributed by atoms with Gasteiger partial charge in [0.05, 0.1) is 5.41 Å². The van der Waals surface area contributed by atoms with E-state index in [0.717, 1.165) is 37.7 Å². The Morgan fingerprint density at radius 1 is 1.04 bits per heavy atom. The molecule has 4 heteroatoms. The molecule has 3 aliphatic rings. The summed E-state index contributed by atoms with van der Waals surface area (Å²) < 4.78 is 5.59. The first kappa shape index (κ1) is 15.9. The molecule has 0 aromatic heterocycles. The summed E-state index contributed by atoms with van der Waals surface area (Å²) in [6, 6.07) is 12.7. The Labute approximate surface area is 153 Å². The average molecular weight is 349 g/mol. The number of hydrogen-bond donors (Lipinski definition) is 0. The fourth-order valence-corrected chi connectivity index (χ4v) is 4.81. The number of rotatable bonds is 1. The van der Waals surface area contributed by atoms with Gasteiger partial charge in [0.2, 0.25) is 0 Å². The van der Waals surface area contributed by atoms with E-state index in [2.05, 4.69) is 24.3 Å². The molecule has 134 valence electrons. The van der Waals surface area contributed by atoms with E-state index < -0.39 is 5.41 Å². The predicted molar refractivity (Wildman–Crippen MR) is 99.1 cm³/mol. The number of ether oxygens (including phenoxy) is 1. The Balaban J connectivity index is 1.33. The highest BCUT2D eigenvalue weighted by atomic mass is 16.6. The first-order valence-electron chi connectivity index (χ1n) is 9.62. The molecule has 2 aromatic carbocycles. The molecule has 2 aliphatic carbocycles. The third-order valence-corrected chi connectivity index (χ3v) is 6.35. The van der Waals surface area contributed by atoms with Crippen LogP contribution < -0.4 is 0 Å². The lowest BCUT2D eigenvalue weighted by Crippen LogP contribution is -2.64. The minimum absolute atomic E-state index is 0.0770. The van der Waals surface area contributed by atoms with E-state index in [4.69, 9.17) is 4.74 Å². The zero-order valence-electron chi connectivity index (χ0n) is 14.9. The van der Waals surface area contributed by atoms with Crippen LogP contribution in [0.25, 0.3) is 10.8 Å². The molecule has 5 rings (SSSR count). The highest BCUT2D eigenvalue weighted by Crippen LogP contribution is 2.42. The van der Waals surface area contributed by atoms with Gasteiger partial charge in [0.15, 0.2) is 0 Å². The molecule has 1 saturated carbocycles. The van der Waals surface area contributed by atoms with Gasteiger partial charge >= 0.3 is 6.09 Å². The second-order valence-corrected chi connectivity index (χ2v) is 8.17. The van der Waals surface area contributed by atoms with Gasteiger partial charge in [-0.15, -0.1) is 0 Å². The molecule has 2 aromatic rings. The molecule has 1 heterocycles. The molecule has 4 nitrogen and oxygen atoms in total. The average Bonchev–Trinajstić information content (AvgIpc) is 3.10. The lowest BCUT2D eigenvalue weighted by Gasteiger charge is -2.50. The van der Waals surface area contributed by atoms with Crippen molar-refractivity contribution in [3.05, 3.63) is 47.5 Å². The standard InChI is InChI=1S/C22H23NO3/c24-20-11-17-9-15-5-1-2-6-16(15)10-18(17)12-22(20)13-23(14-22)21(25)26-19-7-3-4-8-19/h1-2,5-6,9-10,19H,3-4,7-8,11-14H2. The van der Waals surface area contributed by atoms with Gasteiger partial charge in [0.25, 0.3) is 0 Å². The summed E-state index contributed by atoms with van der Waals surface area (Å²) >= 11 is 0. The monoisotopic (exact) mass is 349 g/mol. The van der Waals surface area contributed by atoms with E-state index in [1.807, 2.05) is 12.1 Å². The molecule has 1 aliphatic heterocycles. The first-order valence-corrected chi connectivity index (χ1v) is 9.62. The zero-order valence-corrected chi connectivity index (χ0v) is 14.9. The van der Waals surface area contributed by atoms with Gasteiger partial charge in [0.1, 0.15) is 11.9 Å². The Kier molecular flexibility index (Phi) is 3.56. The van der Waals surface area contributed by atoms with Crippen molar-refractivity contribution in [3.63, 3.8) is 0 Å². The van der Waals surface area contributed by atoms with Crippen molar-refractivity contribution < 1.29 is 14.3 Å². The summed E-state index contributed by atoms with van der Waals surface area (Å²) in [5, 5.41) is 2.40. The molecular formula is C22H23NO3. The Bertz CT molecular complexity index is 891. The lowest BCUT2D eigenvalue weighted by atomic mass is 9.65. The molecule has 1 saturated heterocycles. The van der Waals surface area contributed by atoms with E-state index in [1.165, 1.54) is 16.3 Å². The summed E-state index contributed by atoms with van der Waals surface area (Å²) in [5.41, 5.74) is 2.00. The van der Waals surface area contributed by atoms with Crippen molar-refractivity contribution in [3.8, 4) is 0 Å². The Morgan fingerprint density at radius 2 is 1.69 bits per heavy atom. The smallest absolute Gasteiger partial charge is 0.410 e. The maximum atomic E-state index is 12.8. The normalized spacial score (nSPS) is 21.7. The summed E-state index contributed by atoms with van der Waals surface area (Å²) in [6.07, 6.45) is 5.29. The number of amides is 1. The number of hydrogen-bond acceptors (Lipinski definition) is 3. The number of benzene rings is 2. The highest BCUT2D eigenvalue weighted by Gasteiger charge is 2.53. The van der Waals surface area contributed by atoms with Crippen molar-refractivity contribution in [1.82, 2.24) is 4.90 Å². The third kappa shape index (κ3) is 2.51. The van der Waals surface area contributed by atoms with Crippen LogP contribution in [0.2, 0.25) is 0 Å². The number of nitrogens with zero attached hydrogens (tertiary/aromatic N) is 1. The van der Waals surface area contributed by atoms with Gasteiger partial charge in [-0.2, -0.15) is 0 Å². The van der Waals surface area contributed by atoms with Crippen LogP contribution in [0.4, 0.5) is 4.79 Å². The van der Waals surface area contributed by atoms with Crippen molar-refractivity contribution in [2.45, 2.75) is 44.6 Å². The van der Waals surface area contributed by atoms with Crippen molar-refractivity contribution in [1.29, 1.82) is 0 Å². The molecule has 1 amide bonds. The number of fused-ring (bicyclic) bond motifs is 2. The number of ketones is 1. The topological polar surface area (TPSA) is 46.6 Å². The number of Topliss-reactive ketones (excluding diaryl/α,β-unsaturated/α-hetero) is 1. The quantitative estimate of drug-likeness (QED) is 0.785.